The second-order valence-electron chi connectivity index (χ2n) is 8.25. The molecule has 1 heterocycles. The van der Waals surface area contributed by atoms with E-state index in [0.29, 0.717) is 31.1 Å². The molecule has 2 aromatic rings. The van der Waals surface area contributed by atoms with Crippen molar-refractivity contribution < 1.29 is 22.7 Å². The van der Waals surface area contributed by atoms with E-state index in [1.807, 2.05) is 36.2 Å². The molecule has 0 aromatic heterocycles. The standard InChI is InChI=1S/C24H33N3O5S/c1-26(17-19-8-10-20(31-2)11-9-19)18-24(28)25-22-16-21(12-13-23(22)32-3)33(29,30)27-14-6-4-5-7-15-27/h8-13,16H,4-7,14-15,17-18H2,1-3H3,(H,25,28). The lowest BCUT2D eigenvalue weighted by Crippen LogP contribution is -2.32. The maximum Gasteiger partial charge on any atom is 0.243 e. The molecule has 0 aliphatic carbocycles. The summed E-state index contributed by atoms with van der Waals surface area (Å²) in [5.74, 6) is 0.936. The van der Waals surface area contributed by atoms with Crippen molar-refractivity contribution in [2.45, 2.75) is 37.1 Å². The number of hydrogen-bond donors (Lipinski definition) is 1. The molecule has 8 nitrogen and oxygen atoms in total. The Balaban J connectivity index is 1.69. The molecular weight excluding hydrogens is 442 g/mol. The number of nitrogens with one attached hydrogen (secondary N) is 1. The molecule has 0 spiro atoms. The number of ether oxygens (including phenoxy) is 2. The number of anilines is 1. The number of rotatable bonds is 9. The molecule has 180 valence electrons. The summed E-state index contributed by atoms with van der Waals surface area (Å²) in [6, 6.07) is 12.3. The van der Waals surface area contributed by atoms with Crippen LogP contribution in [-0.2, 0) is 21.4 Å². The fourth-order valence-corrected chi connectivity index (χ4v) is 5.45. The maximum atomic E-state index is 13.2. The summed E-state index contributed by atoms with van der Waals surface area (Å²) in [4.78, 5) is 14.7. The lowest BCUT2D eigenvalue weighted by atomic mass is 10.2. The average molecular weight is 476 g/mol. The molecule has 0 radical (unpaired) electrons. The van der Waals surface area contributed by atoms with Gasteiger partial charge in [0.2, 0.25) is 15.9 Å². The lowest BCUT2D eigenvalue weighted by molar-refractivity contribution is -0.117. The third-order valence-electron chi connectivity index (χ3n) is 5.67. The van der Waals surface area contributed by atoms with Gasteiger partial charge in [-0.15, -0.1) is 0 Å². The van der Waals surface area contributed by atoms with Crippen molar-refractivity contribution >= 4 is 21.6 Å². The summed E-state index contributed by atoms with van der Waals surface area (Å²) in [6.07, 6.45) is 3.80. The molecule has 3 rings (SSSR count). The first-order valence-corrected chi connectivity index (χ1v) is 12.6. The van der Waals surface area contributed by atoms with Gasteiger partial charge in [0.1, 0.15) is 11.5 Å². The van der Waals surface area contributed by atoms with Crippen LogP contribution in [0, 0.1) is 0 Å². The molecule has 0 saturated carbocycles. The first kappa shape index (κ1) is 25.0. The number of nitrogens with zero attached hydrogens (tertiary/aromatic N) is 2. The van der Waals surface area contributed by atoms with E-state index in [-0.39, 0.29) is 17.3 Å². The van der Waals surface area contributed by atoms with Crippen molar-refractivity contribution in [2.75, 3.05) is 46.2 Å². The molecule has 0 unspecified atom stereocenters. The zero-order valence-electron chi connectivity index (χ0n) is 19.5. The van der Waals surface area contributed by atoms with Crippen molar-refractivity contribution in [3.05, 3.63) is 48.0 Å². The number of hydrogen-bond acceptors (Lipinski definition) is 6. The Morgan fingerprint density at radius 1 is 1.00 bits per heavy atom. The van der Waals surface area contributed by atoms with Gasteiger partial charge in [-0.1, -0.05) is 25.0 Å². The van der Waals surface area contributed by atoms with Gasteiger partial charge >= 0.3 is 0 Å². The molecule has 1 aliphatic rings. The van der Waals surface area contributed by atoms with E-state index >= 15 is 0 Å². The zero-order valence-corrected chi connectivity index (χ0v) is 20.4. The molecule has 1 aliphatic heterocycles. The maximum absolute atomic E-state index is 13.2. The fraction of sp³-hybridized carbons (Fsp3) is 0.458. The second kappa shape index (κ2) is 11.5. The molecule has 1 N–H and O–H groups in total. The van der Waals surface area contributed by atoms with E-state index in [9.17, 15) is 13.2 Å². The second-order valence-corrected chi connectivity index (χ2v) is 10.2. The zero-order chi connectivity index (χ0) is 23.8. The minimum atomic E-state index is -3.63. The van der Waals surface area contributed by atoms with Gasteiger partial charge in [0.05, 0.1) is 31.3 Å². The van der Waals surface area contributed by atoms with Crippen LogP contribution >= 0.6 is 0 Å². The minimum absolute atomic E-state index is 0.137. The van der Waals surface area contributed by atoms with Crippen LogP contribution in [0.1, 0.15) is 31.2 Å². The van der Waals surface area contributed by atoms with Gasteiger partial charge in [0, 0.05) is 19.6 Å². The van der Waals surface area contributed by atoms with E-state index in [4.69, 9.17) is 9.47 Å². The minimum Gasteiger partial charge on any atom is -0.497 e. The summed E-state index contributed by atoms with van der Waals surface area (Å²) in [7, 11) is 1.32. The van der Waals surface area contributed by atoms with Crippen LogP contribution in [-0.4, -0.2) is 64.4 Å². The van der Waals surface area contributed by atoms with Crippen LogP contribution in [0.2, 0.25) is 0 Å². The Morgan fingerprint density at radius 3 is 2.27 bits per heavy atom. The Morgan fingerprint density at radius 2 is 1.67 bits per heavy atom. The van der Waals surface area contributed by atoms with Gasteiger partial charge in [-0.25, -0.2) is 8.42 Å². The predicted octanol–water partition coefficient (Wildman–Crippen LogP) is 3.34. The summed E-state index contributed by atoms with van der Waals surface area (Å²) in [5.41, 5.74) is 1.39. The Hall–Kier alpha value is -2.62. The summed E-state index contributed by atoms with van der Waals surface area (Å²) >= 11 is 0. The van der Waals surface area contributed by atoms with Crippen LogP contribution < -0.4 is 14.8 Å². The number of benzene rings is 2. The highest BCUT2D eigenvalue weighted by molar-refractivity contribution is 7.89. The third-order valence-corrected chi connectivity index (χ3v) is 7.57. The van der Waals surface area contributed by atoms with E-state index < -0.39 is 10.0 Å². The molecule has 2 aromatic carbocycles. The van der Waals surface area contributed by atoms with Crippen LogP contribution in [0.3, 0.4) is 0 Å². The molecule has 1 amide bonds. The van der Waals surface area contributed by atoms with E-state index in [1.54, 1.807) is 13.2 Å². The largest absolute Gasteiger partial charge is 0.497 e. The van der Waals surface area contributed by atoms with Gasteiger partial charge in [-0.3, -0.25) is 9.69 Å². The quantitative estimate of drug-likeness (QED) is 0.599. The van der Waals surface area contributed by atoms with Crippen LogP contribution in [0.4, 0.5) is 5.69 Å². The number of carbonyl (C=O) groups is 1. The molecule has 0 bridgehead atoms. The normalized spacial score (nSPS) is 15.2. The molecular formula is C24H33N3O5S. The highest BCUT2D eigenvalue weighted by Crippen LogP contribution is 2.30. The van der Waals surface area contributed by atoms with Crippen LogP contribution in [0.15, 0.2) is 47.4 Å². The van der Waals surface area contributed by atoms with E-state index in [0.717, 1.165) is 37.0 Å². The number of methoxy groups -OCH3 is 2. The van der Waals surface area contributed by atoms with Crippen molar-refractivity contribution in [1.29, 1.82) is 0 Å². The van der Waals surface area contributed by atoms with Gasteiger partial charge in [0.15, 0.2) is 0 Å². The smallest absolute Gasteiger partial charge is 0.243 e. The van der Waals surface area contributed by atoms with Crippen LogP contribution in [0.5, 0.6) is 11.5 Å². The highest BCUT2D eigenvalue weighted by Gasteiger charge is 2.26. The number of amides is 1. The number of carbonyl (C=O) groups excluding carboxylic acids is 1. The molecule has 1 fully saturated rings. The summed E-state index contributed by atoms with van der Waals surface area (Å²) in [5, 5.41) is 2.82. The number of sulfonamides is 1. The number of likely N-dealkylation sites (N-methyl/N-ethyl adjacent to an activating group) is 1. The summed E-state index contributed by atoms with van der Waals surface area (Å²) < 4.78 is 38.4. The van der Waals surface area contributed by atoms with Gasteiger partial charge in [0.25, 0.3) is 0 Å². The van der Waals surface area contributed by atoms with E-state index in [2.05, 4.69) is 5.32 Å². The first-order valence-electron chi connectivity index (χ1n) is 11.1. The van der Waals surface area contributed by atoms with E-state index in [1.165, 1.54) is 23.5 Å². The van der Waals surface area contributed by atoms with Crippen molar-refractivity contribution in [3.8, 4) is 11.5 Å². The molecule has 0 atom stereocenters. The van der Waals surface area contributed by atoms with Crippen molar-refractivity contribution in [1.82, 2.24) is 9.21 Å². The summed E-state index contributed by atoms with van der Waals surface area (Å²) in [6.45, 7) is 1.76. The monoisotopic (exact) mass is 475 g/mol. The molecule has 9 heteroatoms. The highest BCUT2D eigenvalue weighted by atomic mass is 32.2. The topological polar surface area (TPSA) is 88.2 Å². The lowest BCUT2D eigenvalue weighted by Gasteiger charge is -2.21. The fourth-order valence-electron chi connectivity index (χ4n) is 3.91. The van der Waals surface area contributed by atoms with Gasteiger partial charge < -0.3 is 14.8 Å². The first-order chi connectivity index (χ1) is 15.8. The van der Waals surface area contributed by atoms with Gasteiger partial charge in [-0.2, -0.15) is 4.31 Å². The van der Waals surface area contributed by atoms with Crippen molar-refractivity contribution in [2.24, 2.45) is 0 Å². The molecule has 1 saturated heterocycles. The average Bonchev–Trinajstić information content (AvgIpc) is 3.09. The Kier molecular flexibility index (Phi) is 8.71. The molecule has 33 heavy (non-hydrogen) atoms. The van der Waals surface area contributed by atoms with Crippen LogP contribution in [0.25, 0.3) is 0 Å². The third kappa shape index (κ3) is 6.69. The predicted molar refractivity (Wildman–Crippen MR) is 128 cm³/mol. The Bertz CT molecular complexity index is 1030. The van der Waals surface area contributed by atoms with Gasteiger partial charge in [-0.05, 0) is 55.8 Å². The van der Waals surface area contributed by atoms with Crippen molar-refractivity contribution in [3.63, 3.8) is 0 Å². The Labute approximate surface area is 196 Å². The SMILES string of the molecule is COc1ccc(CN(C)CC(=O)Nc2cc(S(=O)(=O)N3CCCCCC3)ccc2OC)cc1.